The minimum absolute atomic E-state index is 0.137. The van der Waals surface area contributed by atoms with Crippen molar-refractivity contribution in [2.75, 3.05) is 32.1 Å². The smallest absolute Gasteiger partial charge is 0.322 e. The third kappa shape index (κ3) is 3.53. The average molecular weight is 364 g/mol. The first-order chi connectivity index (χ1) is 13.1. The van der Waals surface area contributed by atoms with Crippen molar-refractivity contribution in [3.63, 3.8) is 0 Å². The third-order valence-electron chi connectivity index (χ3n) is 5.02. The van der Waals surface area contributed by atoms with Gasteiger partial charge in [0.05, 0.1) is 6.61 Å². The van der Waals surface area contributed by atoms with E-state index >= 15 is 0 Å². The molecule has 1 N–H and O–H groups in total. The van der Waals surface area contributed by atoms with Crippen LogP contribution in [0.25, 0.3) is 16.9 Å². The monoisotopic (exact) mass is 364 g/mol. The quantitative estimate of drug-likeness (QED) is 0.766. The van der Waals surface area contributed by atoms with E-state index in [0.29, 0.717) is 18.3 Å². The maximum absolute atomic E-state index is 12.8. The molecular formula is C21H24N4O2. The fourth-order valence-corrected chi connectivity index (χ4v) is 3.51. The van der Waals surface area contributed by atoms with E-state index in [9.17, 15) is 4.79 Å². The van der Waals surface area contributed by atoms with Gasteiger partial charge in [-0.25, -0.2) is 9.78 Å². The highest BCUT2D eigenvalue weighted by Gasteiger charge is 2.22. The van der Waals surface area contributed by atoms with Crippen LogP contribution in [0.2, 0.25) is 0 Å². The van der Waals surface area contributed by atoms with Crippen LogP contribution < -0.4 is 5.32 Å². The molecule has 2 amide bonds. The summed E-state index contributed by atoms with van der Waals surface area (Å²) in [5, 5.41) is 3.08. The molecule has 1 aromatic carbocycles. The van der Waals surface area contributed by atoms with Gasteiger partial charge < -0.3 is 9.64 Å². The second-order valence-electron chi connectivity index (χ2n) is 7.10. The number of aromatic nitrogens is 2. The fraction of sp³-hybridized carbons (Fsp3) is 0.333. The molecule has 1 unspecified atom stereocenters. The van der Waals surface area contributed by atoms with Crippen LogP contribution in [0.1, 0.15) is 12.0 Å². The Kier molecular flexibility index (Phi) is 4.81. The molecule has 1 atom stereocenters. The lowest BCUT2D eigenvalue weighted by atomic mass is 10.1. The first kappa shape index (κ1) is 17.5. The maximum Gasteiger partial charge on any atom is 0.322 e. The zero-order valence-corrected chi connectivity index (χ0v) is 15.7. The number of anilines is 1. The molecule has 1 aliphatic heterocycles. The number of carbonyl (C=O) groups excluding carboxylic acids is 1. The third-order valence-corrected chi connectivity index (χ3v) is 5.02. The molecule has 0 radical (unpaired) electrons. The number of nitrogens with one attached hydrogen (secondary N) is 1. The Balaban J connectivity index is 1.67. The van der Waals surface area contributed by atoms with E-state index in [1.165, 1.54) is 0 Å². The van der Waals surface area contributed by atoms with E-state index in [4.69, 9.17) is 9.72 Å². The largest absolute Gasteiger partial charge is 0.381 e. The highest BCUT2D eigenvalue weighted by atomic mass is 16.5. The number of urea groups is 1. The van der Waals surface area contributed by atoms with Crippen LogP contribution in [0.5, 0.6) is 0 Å². The Morgan fingerprint density at radius 2 is 2.11 bits per heavy atom. The first-order valence-corrected chi connectivity index (χ1v) is 9.26. The predicted octanol–water partition coefficient (Wildman–Crippen LogP) is 3.81. The van der Waals surface area contributed by atoms with Gasteiger partial charge in [-0.15, -0.1) is 0 Å². The Labute approximate surface area is 158 Å². The standard InChI is InChI=1S/C21H24N4O2/c1-15-7-6-11-25-19(15)22-18(17-8-4-3-5-9-17)20(25)23-21(26)24(2)13-16-10-12-27-14-16/h3-9,11,16H,10,12-14H2,1-2H3,(H,23,26). The number of benzene rings is 1. The van der Waals surface area contributed by atoms with Crippen molar-refractivity contribution >= 4 is 17.5 Å². The number of pyridine rings is 1. The second-order valence-corrected chi connectivity index (χ2v) is 7.10. The van der Waals surface area contributed by atoms with Gasteiger partial charge in [0, 0.05) is 37.9 Å². The number of ether oxygens (including phenoxy) is 1. The lowest BCUT2D eigenvalue weighted by Crippen LogP contribution is -2.35. The summed E-state index contributed by atoms with van der Waals surface area (Å²) in [6, 6.07) is 13.8. The molecule has 1 fully saturated rings. The van der Waals surface area contributed by atoms with Crippen molar-refractivity contribution in [2.45, 2.75) is 13.3 Å². The van der Waals surface area contributed by atoms with Crippen LogP contribution in [0.3, 0.4) is 0 Å². The molecule has 0 bridgehead atoms. The molecule has 0 spiro atoms. The molecule has 1 saturated heterocycles. The molecule has 0 saturated carbocycles. The number of carbonyl (C=O) groups is 1. The van der Waals surface area contributed by atoms with Gasteiger partial charge in [0.2, 0.25) is 0 Å². The van der Waals surface area contributed by atoms with Gasteiger partial charge in [0.1, 0.15) is 17.2 Å². The van der Waals surface area contributed by atoms with Gasteiger partial charge in [-0.05, 0) is 25.0 Å². The van der Waals surface area contributed by atoms with E-state index in [-0.39, 0.29) is 6.03 Å². The molecule has 27 heavy (non-hydrogen) atoms. The number of aryl methyl sites for hydroxylation is 1. The van der Waals surface area contributed by atoms with E-state index in [1.54, 1.807) is 4.90 Å². The predicted molar refractivity (Wildman–Crippen MR) is 106 cm³/mol. The number of nitrogens with zero attached hydrogens (tertiary/aromatic N) is 3. The zero-order valence-electron chi connectivity index (χ0n) is 15.7. The Bertz CT molecular complexity index is 945. The number of rotatable bonds is 4. The van der Waals surface area contributed by atoms with Gasteiger partial charge in [-0.2, -0.15) is 0 Å². The van der Waals surface area contributed by atoms with Crippen LogP contribution in [0.4, 0.5) is 10.6 Å². The summed E-state index contributed by atoms with van der Waals surface area (Å²) in [5.41, 5.74) is 3.66. The van der Waals surface area contributed by atoms with Gasteiger partial charge in [0.25, 0.3) is 0 Å². The molecule has 6 heteroatoms. The summed E-state index contributed by atoms with van der Waals surface area (Å²) in [7, 11) is 1.82. The molecular weight excluding hydrogens is 340 g/mol. The molecule has 3 aromatic rings. The molecule has 140 valence electrons. The number of hydrogen-bond acceptors (Lipinski definition) is 3. The van der Waals surface area contributed by atoms with Gasteiger partial charge in [-0.3, -0.25) is 9.72 Å². The van der Waals surface area contributed by atoms with Gasteiger partial charge in [0.15, 0.2) is 0 Å². The van der Waals surface area contributed by atoms with Crippen molar-refractivity contribution in [2.24, 2.45) is 5.92 Å². The lowest BCUT2D eigenvalue weighted by molar-refractivity contribution is 0.175. The van der Waals surface area contributed by atoms with Crippen LogP contribution in [0.15, 0.2) is 48.7 Å². The minimum atomic E-state index is -0.137. The SMILES string of the molecule is Cc1cccn2c(NC(=O)N(C)CC3CCOC3)c(-c3ccccc3)nc12. The van der Waals surface area contributed by atoms with Crippen LogP contribution in [0, 0.1) is 12.8 Å². The Morgan fingerprint density at radius 1 is 1.30 bits per heavy atom. The normalized spacial score (nSPS) is 16.6. The number of fused-ring (bicyclic) bond motifs is 1. The average Bonchev–Trinajstić information content (AvgIpc) is 3.31. The molecule has 2 aromatic heterocycles. The summed E-state index contributed by atoms with van der Waals surface area (Å²) in [5.74, 6) is 1.10. The minimum Gasteiger partial charge on any atom is -0.381 e. The summed E-state index contributed by atoms with van der Waals surface area (Å²) < 4.78 is 7.37. The van der Waals surface area contributed by atoms with Crippen LogP contribution in [-0.4, -0.2) is 47.1 Å². The zero-order chi connectivity index (χ0) is 18.8. The molecule has 6 nitrogen and oxygen atoms in total. The van der Waals surface area contributed by atoms with Crippen molar-refractivity contribution in [1.82, 2.24) is 14.3 Å². The summed E-state index contributed by atoms with van der Waals surface area (Å²) in [6.07, 6.45) is 2.93. The van der Waals surface area contributed by atoms with E-state index in [0.717, 1.165) is 42.1 Å². The van der Waals surface area contributed by atoms with Crippen molar-refractivity contribution in [3.8, 4) is 11.3 Å². The maximum atomic E-state index is 12.8. The Hall–Kier alpha value is -2.86. The van der Waals surface area contributed by atoms with Crippen molar-refractivity contribution in [1.29, 1.82) is 0 Å². The Morgan fingerprint density at radius 3 is 2.85 bits per heavy atom. The van der Waals surface area contributed by atoms with Crippen molar-refractivity contribution < 1.29 is 9.53 Å². The molecule has 1 aliphatic rings. The lowest BCUT2D eigenvalue weighted by Gasteiger charge is -2.21. The molecule has 0 aliphatic carbocycles. The number of amides is 2. The van der Waals surface area contributed by atoms with Crippen LogP contribution in [-0.2, 0) is 4.74 Å². The molecule has 3 heterocycles. The topological polar surface area (TPSA) is 58.9 Å². The highest BCUT2D eigenvalue weighted by Crippen LogP contribution is 2.30. The van der Waals surface area contributed by atoms with Gasteiger partial charge in [-0.1, -0.05) is 36.4 Å². The first-order valence-electron chi connectivity index (χ1n) is 9.26. The fourth-order valence-electron chi connectivity index (χ4n) is 3.51. The highest BCUT2D eigenvalue weighted by molar-refractivity contribution is 5.93. The molecule has 4 rings (SSSR count). The number of imidazole rings is 1. The van der Waals surface area contributed by atoms with E-state index < -0.39 is 0 Å². The van der Waals surface area contributed by atoms with Crippen LogP contribution >= 0.6 is 0 Å². The summed E-state index contributed by atoms with van der Waals surface area (Å²) in [6.45, 7) is 4.21. The van der Waals surface area contributed by atoms with Crippen molar-refractivity contribution in [3.05, 3.63) is 54.2 Å². The van der Waals surface area contributed by atoms with E-state index in [1.807, 2.05) is 67.0 Å². The number of hydrogen-bond donors (Lipinski definition) is 1. The van der Waals surface area contributed by atoms with Gasteiger partial charge >= 0.3 is 6.03 Å². The summed E-state index contributed by atoms with van der Waals surface area (Å²) in [4.78, 5) is 19.4. The summed E-state index contributed by atoms with van der Waals surface area (Å²) >= 11 is 0. The second kappa shape index (κ2) is 7.40. The van der Waals surface area contributed by atoms with E-state index in [2.05, 4.69) is 5.32 Å².